The van der Waals surface area contributed by atoms with Gasteiger partial charge in [-0.3, -0.25) is 0 Å². The summed E-state index contributed by atoms with van der Waals surface area (Å²) in [6.07, 6.45) is 4.71. The van der Waals surface area contributed by atoms with Gasteiger partial charge in [-0.2, -0.15) is 0 Å². The van der Waals surface area contributed by atoms with E-state index in [2.05, 4.69) is 40.4 Å². The van der Waals surface area contributed by atoms with Gasteiger partial charge in [0.25, 0.3) is 0 Å². The van der Waals surface area contributed by atoms with E-state index in [-0.39, 0.29) is 24.8 Å². The Bertz CT molecular complexity index is 183. The molecule has 1 rings (SSSR count). The third-order valence-corrected chi connectivity index (χ3v) is 2.60. The average Bonchev–Trinajstić information content (AvgIpc) is 2.12. The predicted molar refractivity (Wildman–Crippen MR) is 35.7 cm³/mol. The Hall–Kier alpha value is 0.774. The molecular weight excluding hydrogens is 215 g/mol. The molecular formula is C8H11Cl2Ti. The number of hydrogen-bond donors (Lipinski definition) is 0. The fraction of sp³-hybridized carbons (Fsp3) is 0.500. The molecule has 0 aromatic heterocycles. The van der Waals surface area contributed by atoms with Crippen molar-refractivity contribution >= 4 is 0 Å². The Balaban J connectivity index is 0. The molecule has 0 atom stereocenters. The van der Waals surface area contributed by atoms with E-state index >= 15 is 0 Å². The first kappa shape index (κ1) is 14.3. The zero-order valence-corrected chi connectivity index (χ0v) is 9.82. The van der Waals surface area contributed by atoms with Crippen LogP contribution in [0.5, 0.6) is 0 Å². The topological polar surface area (TPSA) is 0 Å². The molecule has 0 saturated heterocycles. The van der Waals surface area contributed by atoms with E-state index in [9.17, 15) is 0 Å². The largest absolute Gasteiger partial charge is 1.00 e. The third kappa shape index (κ3) is 3.33. The summed E-state index contributed by atoms with van der Waals surface area (Å²) >= 11 is 2.20. The molecule has 0 aliphatic heterocycles. The molecule has 0 spiro atoms. The van der Waals surface area contributed by atoms with Crippen molar-refractivity contribution in [2.45, 2.75) is 26.7 Å². The molecule has 0 amide bonds. The summed E-state index contributed by atoms with van der Waals surface area (Å²) in [7, 11) is 0. The van der Waals surface area contributed by atoms with Gasteiger partial charge in [0.2, 0.25) is 0 Å². The molecule has 61 valence electrons. The third-order valence-electron chi connectivity index (χ3n) is 1.81. The van der Waals surface area contributed by atoms with Gasteiger partial charge in [-0.15, -0.1) is 0 Å². The van der Waals surface area contributed by atoms with Gasteiger partial charge in [-0.1, -0.05) is 0 Å². The normalized spacial score (nSPS) is 15.5. The maximum Gasteiger partial charge on any atom is -1.00 e. The quantitative estimate of drug-likeness (QED) is 0.408. The van der Waals surface area contributed by atoms with Crippen LogP contribution in [0.3, 0.4) is 0 Å². The minimum atomic E-state index is 0. The fourth-order valence-corrected chi connectivity index (χ4v) is 1.99. The van der Waals surface area contributed by atoms with E-state index in [1.807, 2.05) is 0 Å². The number of allylic oxidation sites excluding steroid dienone is 4. The second-order valence-electron chi connectivity index (χ2n) is 2.43. The Morgan fingerprint density at radius 1 is 1.45 bits per heavy atom. The van der Waals surface area contributed by atoms with E-state index in [4.69, 9.17) is 0 Å². The first-order valence-electron chi connectivity index (χ1n) is 3.36. The molecule has 11 heavy (non-hydrogen) atoms. The molecule has 0 aromatic carbocycles. The maximum absolute atomic E-state index is 2.31. The molecule has 0 unspecified atom stereocenters. The van der Waals surface area contributed by atoms with Crippen LogP contribution in [0.25, 0.3) is 0 Å². The second-order valence-corrected chi connectivity index (χ2v) is 3.28. The number of rotatable bonds is 1. The Morgan fingerprint density at radius 2 is 2.00 bits per heavy atom. The summed E-state index contributed by atoms with van der Waals surface area (Å²) in [6.45, 7) is 4.45. The van der Waals surface area contributed by atoms with Crippen LogP contribution in [0.15, 0.2) is 21.1 Å². The summed E-state index contributed by atoms with van der Waals surface area (Å²) in [5, 5.41) is 0. The van der Waals surface area contributed by atoms with Crippen molar-refractivity contribution in [1.82, 2.24) is 0 Å². The average molecular weight is 226 g/mol. The van der Waals surface area contributed by atoms with Crippen molar-refractivity contribution in [2.75, 3.05) is 0 Å². The van der Waals surface area contributed by atoms with Gasteiger partial charge in [0, 0.05) is 0 Å². The smallest absolute Gasteiger partial charge is 1.00 e. The minimum Gasteiger partial charge on any atom is -1.00 e. The summed E-state index contributed by atoms with van der Waals surface area (Å²) in [5.74, 6) is 0. The van der Waals surface area contributed by atoms with Gasteiger partial charge < -0.3 is 24.8 Å². The number of halogens is 2. The Morgan fingerprint density at radius 3 is 2.18 bits per heavy atom. The maximum atomic E-state index is 2.31. The van der Waals surface area contributed by atoms with Gasteiger partial charge in [-0.05, 0) is 0 Å². The van der Waals surface area contributed by atoms with Gasteiger partial charge in [-0.25, -0.2) is 0 Å². The van der Waals surface area contributed by atoms with Crippen LogP contribution in [-0.4, -0.2) is 0 Å². The van der Waals surface area contributed by atoms with E-state index in [1.165, 1.54) is 16.7 Å². The minimum absolute atomic E-state index is 0. The summed E-state index contributed by atoms with van der Waals surface area (Å²) in [4.78, 5) is 0. The van der Waals surface area contributed by atoms with Crippen molar-refractivity contribution < 1.29 is 45.2 Å². The molecule has 0 nitrogen and oxygen atoms in total. The number of hydrogen-bond acceptors (Lipinski definition) is 0. The van der Waals surface area contributed by atoms with E-state index in [1.54, 1.807) is 11.1 Å². The second kappa shape index (κ2) is 6.31. The van der Waals surface area contributed by atoms with Gasteiger partial charge >= 0.3 is 68.2 Å². The van der Waals surface area contributed by atoms with Crippen molar-refractivity contribution in [3.8, 4) is 0 Å². The molecule has 0 fully saturated rings. The molecule has 1 aliphatic carbocycles. The first-order valence-corrected chi connectivity index (χ1v) is 4.14. The first-order chi connectivity index (χ1) is 4.25. The molecule has 0 saturated carbocycles. The predicted octanol–water partition coefficient (Wildman–Crippen LogP) is -3.44. The summed E-state index contributed by atoms with van der Waals surface area (Å²) in [6, 6.07) is 0. The van der Waals surface area contributed by atoms with Crippen molar-refractivity contribution in [1.29, 1.82) is 0 Å². The van der Waals surface area contributed by atoms with Crippen LogP contribution in [0.2, 0.25) is 0 Å². The monoisotopic (exact) mass is 225 g/mol. The standard InChI is InChI=1S/C8H11.2ClH.Ti/c1-3-8-6-4-5-7(8)2;;;/h4H,3,5H2,1-2H3;2*1H;/q;;;+2/p-2. The van der Waals surface area contributed by atoms with Crippen molar-refractivity contribution in [3.05, 3.63) is 21.1 Å². The van der Waals surface area contributed by atoms with Gasteiger partial charge in [0.1, 0.15) is 0 Å². The van der Waals surface area contributed by atoms with Crippen LogP contribution < -0.4 is 24.8 Å². The van der Waals surface area contributed by atoms with E-state index < -0.39 is 0 Å². The van der Waals surface area contributed by atoms with E-state index in [0.717, 1.165) is 0 Å². The molecule has 0 radical (unpaired) electrons. The van der Waals surface area contributed by atoms with Crippen molar-refractivity contribution in [3.63, 3.8) is 0 Å². The summed E-state index contributed by atoms with van der Waals surface area (Å²) in [5.41, 5.74) is 3.14. The van der Waals surface area contributed by atoms with Crippen LogP contribution in [0.1, 0.15) is 26.7 Å². The molecule has 1 aliphatic rings. The van der Waals surface area contributed by atoms with Gasteiger partial charge in [0.05, 0.1) is 0 Å². The van der Waals surface area contributed by atoms with Crippen LogP contribution in [0.4, 0.5) is 0 Å². The van der Waals surface area contributed by atoms with E-state index in [0.29, 0.717) is 0 Å². The zero-order valence-electron chi connectivity index (χ0n) is 6.75. The van der Waals surface area contributed by atoms with Crippen LogP contribution in [0, 0.1) is 0 Å². The molecule has 0 heterocycles. The Labute approximate surface area is 92.7 Å². The van der Waals surface area contributed by atoms with Gasteiger partial charge in [0.15, 0.2) is 0 Å². The SMILES string of the molecule is CCC1=C(C)CC=[C]1[Ti+2].[Cl-].[Cl-]. The van der Waals surface area contributed by atoms with Crippen LogP contribution in [-0.2, 0) is 20.4 Å². The zero-order chi connectivity index (χ0) is 6.85. The molecule has 0 bridgehead atoms. The Kier molecular flexibility index (Phi) is 8.20. The molecule has 0 N–H and O–H groups in total. The molecule has 3 heteroatoms. The van der Waals surface area contributed by atoms with Crippen LogP contribution >= 0.6 is 0 Å². The fourth-order valence-electron chi connectivity index (χ4n) is 1.22. The molecule has 0 aromatic rings. The van der Waals surface area contributed by atoms with Crippen molar-refractivity contribution in [2.24, 2.45) is 0 Å². The summed E-state index contributed by atoms with van der Waals surface area (Å²) < 4.78 is 1.50.